The van der Waals surface area contributed by atoms with Crippen LogP contribution < -0.4 is 5.32 Å². The van der Waals surface area contributed by atoms with Gasteiger partial charge in [-0.3, -0.25) is 9.59 Å². The van der Waals surface area contributed by atoms with Crippen LogP contribution in [0.25, 0.3) is 0 Å². The van der Waals surface area contributed by atoms with Gasteiger partial charge in [0, 0.05) is 17.7 Å². The van der Waals surface area contributed by atoms with E-state index in [0.29, 0.717) is 12.8 Å². The molecule has 0 radical (unpaired) electrons. The molecular formula is C25H24N2O2. The van der Waals surface area contributed by atoms with Gasteiger partial charge in [-0.25, -0.2) is 0 Å². The van der Waals surface area contributed by atoms with Crippen LogP contribution in [0.4, 0.5) is 5.69 Å². The van der Waals surface area contributed by atoms with Crippen LogP contribution in [0.15, 0.2) is 78.9 Å². The molecule has 4 nitrogen and oxygen atoms in total. The zero-order valence-electron chi connectivity index (χ0n) is 16.5. The minimum atomic E-state index is -0.298. The van der Waals surface area contributed by atoms with Crippen molar-refractivity contribution in [3.63, 3.8) is 0 Å². The summed E-state index contributed by atoms with van der Waals surface area (Å²) in [5, 5.41) is 2.98. The normalized spacial score (nSPS) is 16.0. The fourth-order valence-corrected chi connectivity index (χ4v) is 3.89. The molecule has 0 aromatic heterocycles. The van der Waals surface area contributed by atoms with Gasteiger partial charge in [0.1, 0.15) is 6.54 Å². The van der Waals surface area contributed by atoms with Crippen LogP contribution in [0.2, 0.25) is 0 Å². The van der Waals surface area contributed by atoms with Gasteiger partial charge < -0.3 is 10.2 Å². The lowest BCUT2D eigenvalue weighted by Crippen LogP contribution is -2.39. The predicted octanol–water partition coefficient (Wildman–Crippen LogP) is 4.50. The molecule has 4 heteroatoms. The van der Waals surface area contributed by atoms with Crippen LogP contribution in [0.3, 0.4) is 0 Å². The van der Waals surface area contributed by atoms with Gasteiger partial charge >= 0.3 is 0 Å². The molecular weight excluding hydrogens is 360 g/mol. The summed E-state index contributed by atoms with van der Waals surface area (Å²) in [5.41, 5.74) is 4.94. The van der Waals surface area contributed by atoms with Gasteiger partial charge in [-0.15, -0.1) is 0 Å². The van der Waals surface area contributed by atoms with Crippen LogP contribution in [-0.2, 0) is 16.0 Å². The molecule has 3 aromatic carbocycles. The third-order valence-corrected chi connectivity index (χ3v) is 5.31. The number of benzene rings is 3. The second kappa shape index (κ2) is 8.31. The highest BCUT2D eigenvalue weighted by Gasteiger charge is 2.33. The summed E-state index contributed by atoms with van der Waals surface area (Å²) in [6.07, 6.45) is 1.02. The number of aryl methyl sites for hydroxylation is 2. The Kier molecular flexibility index (Phi) is 5.43. The van der Waals surface area contributed by atoms with E-state index in [1.165, 1.54) is 0 Å². The first-order valence-electron chi connectivity index (χ1n) is 9.90. The highest BCUT2D eigenvalue weighted by atomic mass is 16.2. The number of rotatable bonds is 4. The summed E-state index contributed by atoms with van der Waals surface area (Å²) in [6.45, 7) is 2.07. The quantitative estimate of drug-likeness (QED) is 0.720. The second-order valence-corrected chi connectivity index (χ2v) is 7.46. The monoisotopic (exact) mass is 384 g/mol. The van der Waals surface area contributed by atoms with Crippen LogP contribution >= 0.6 is 0 Å². The van der Waals surface area contributed by atoms with Crippen molar-refractivity contribution in [1.82, 2.24) is 4.90 Å². The molecule has 1 aliphatic heterocycles. The van der Waals surface area contributed by atoms with Crippen LogP contribution in [0, 0.1) is 6.92 Å². The van der Waals surface area contributed by atoms with E-state index in [9.17, 15) is 9.59 Å². The van der Waals surface area contributed by atoms with Crippen molar-refractivity contribution >= 4 is 17.5 Å². The van der Waals surface area contributed by atoms with E-state index in [1.807, 2.05) is 79.7 Å². The molecule has 146 valence electrons. The molecule has 4 rings (SSSR count). The van der Waals surface area contributed by atoms with Crippen molar-refractivity contribution in [3.8, 4) is 0 Å². The summed E-state index contributed by atoms with van der Waals surface area (Å²) >= 11 is 0. The molecule has 1 unspecified atom stereocenters. The average Bonchev–Trinajstić information content (AvgIpc) is 2.89. The summed E-state index contributed by atoms with van der Waals surface area (Å²) in [6, 6.07) is 25.6. The minimum Gasteiger partial charge on any atom is -0.324 e. The molecule has 0 bridgehead atoms. The van der Waals surface area contributed by atoms with Crippen LogP contribution in [-0.4, -0.2) is 23.3 Å². The number of fused-ring (bicyclic) bond motifs is 1. The first-order chi connectivity index (χ1) is 14.1. The Bertz CT molecular complexity index is 1020. The maximum atomic E-state index is 13.3. The van der Waals surface area contributed by atoms with Gasteiger partial charge in [0.15, 0.2) is 0 Å². The van der Waals surface area contributed by atoms with E-state index in [-0.39, 0.29) is 24.4 Å². The lowest BCUT2D eigenvalue weighted by atomic mass is 9.94. The summed E-state index contributed by atoms with van der Waals surface area (Å²) < 4.78 is 0. The standard InChI is InChI=1S/C25H24N2O2/c1-18-12-14-22-21(16-18)25(20-10-6-3-7-11-20)27(17-23(28)26-22)24(29)15-13-19-8-4-2-5-9-19/h2-12,14,16,25H,13,15,17H2,1H3,(H,26,28). The first kappa shape index (κ1) is 18.9. The number of anilines is 1. The highest BCUT2D eigenvalue weighted by Crippen LogP contribution is 2.36. The van der Waals surface area contributed by atoms with Crippen LogP contribution in [0.5, 0.6) is 0 Å². The van der Waals surface area contributed by atoms with Crippen LogP contribution in [0.1, 0.15) is 34.7 Å². The van der Waals surface area contributed by atoms with Gasteiger partial charge in [-0.05, 0) is 30.5 Å². The maximum absolute atomic E-state index is 13.3. The zero-order valence-corrected chi connectivity index (χ0v) is 16.5. The van der Waals surface area contributed by atoms with Gasteiger partial charge in [-0.2, -0.15) is 0 Å². The molecule has 1 atom stereocenters. The number of nitrogens with zero attached hydrogens (tertiary/aromatic N) is 1. The fraction of sp³-hybridized carbons (Fsp3) is 0.200. The SMILES string of the molecule is Cc1ccc2c(c1)C(c1ccccc1)N(C(=O)CCc1ccccc1)CC(=O)N2. The number of hydrogen-bond donors (Lipinski definition) is 1. The molecule has 3 aromatic rings. The molecule has 0 aliphatic carbocycles. The molecule has 29 heavy (non-hydrogen) atoms. The fourth-order valence-electron chi connectivity index (χ4n) is 3.89. The van der Waals surface area contributed by atoms with Gasteiger partial charge in [0.05, 0.1) is 6.04 Å². The van der Waals surface area contributed by atoms with Gasteiger partial charge in [0.25, 0.3) is 0 Å². The summed E-state index contributed by atoms with van der Waals surface area (Å²) in [7, 11) is 0. The number of nitrogens with one attached hydrogen (secondary N) is 1. The maximum Gasteiger partial charge on any atom is 0.244 e. The van der Waals surface area contributed by atoms with Crippen molar-refractivity contribution < 1.29 is 9.59 Å². The number of amides is 2. The number of carbonyl (C=O) groups is 2. The van der Waals surface area contributed by atoms with E-state index >= 15 is 0 Å². The molecule has 1 N–H and O–H groups in total. The third-order valence-electron chi connectivity index (χ3n) is 5.31. The van der Waals surface area contributed by atoms with E-state index in [0.717, 1.165) is 27.9 Å². The van der Waals surface area contributed by atoms with Crippen molar-refractivity contribution in [2.24, 2.45) is 0 Å². The van der Waals surface area contributed by atoms with Gasteiger partial charge in [-0.1, -0.05) is 78.4 Å². The Morgan fingerprint density at radius 1 is 1.00 bits per heavy atom. The number of hydrogen-bond acceptors (Lipinski definition) is 2. The summed E-state index contributed by atoms with van der Waals surface area (Å²) in [5.74, 6) is -0.186. The molecule has 2 amide bonds. The Balaban J connectivity index is 1.71. The average molecular weight is 384 g/mol. The van der Waals surface area contributed by atoms with E-state index in [4.69, 9.17) is 0 Å². The largest absolute Gasteiger partial charge is 0.324 e. The van der Waals surface area contributed by atoms with E-state index < -0.39 is 0 Å². The van der Waals surface area contributed by atoms with Crippen molar-refractivity contribution in [2.45, 2.75) is 25.8 Å². The van der Waals surface area contributed by atoms with Crippen molar-refractivity contribution in [1.29, 1.82) is 0 Å². The molecule has 0 saturated heterocycles. The molecule has 1 aliphatic rings. The predicted molar refractivity (Wildman–Crippen MR) is 115 cm³/mol. The second-order valence-electron chi connectivity index (χ2n) is 7.46. The third kappa shape index (κ3) is 4.21. The summed E-state index contributed by atoms with van der Waals surface area (Å²) in [4.78, 5) is 27.6. The topological polar surface area (TPSA) is 49.4 Å². The Morgan fingerprint density at radius 3 is 2.41 bits per heavy atom. The lowest BCUT2D eigenvalue weighted by molar-refractivity contribution is -0.136. The highest BCUT2D eigenvalue weighted by molar-refractivity contribution is 5.97. The Labute approximate surface area is 171 Å². The first-order valence-corrected chi connectivity index (χ1v) is 9.90. The van der Waals surface area contributed by atoms with E-state index in [2.05, 4.69) is 11.4 Å². The van der Waals surface area contributed by atoms with Gasteiger partial charge in [0.2, 0.25) is 11.8 Å². The molecule has 1 heterocycles. The van der Waals surface area contributed by atoms with Crippen molar-refractivity contribution in [2.75, 3.05) is 11.9 Å². The minimum absolute atomic E-state index is 0.0211. The number of carbonyl (C=O) groups excluding carboxylic acids is 2. The zero-order chi connectivity index (χ0) is 20.2. The molecule has 0 saturated carbocycles. The molecule has 0 fully saturated rings. The van der Waals surface area contributed by atoms with E-state index in [1.54, 1.807) is 4.90 Å². The smallest absolute Gasteiger partial charge is 0.244 e. The Morgan fingerprint density at radius 2 is 1.69 bits per heavy atom. The lowest BCUT2D eigenvalue weighted by Gasteiger charge is -2.31. The Hall–Kier alpha value is -3.40. The van der Waals surface area contributed by atoms with Crippen molar-refractivity contribution in [3.05, 3.63) is 101 Å². The molecule has 0 spiro atoms.